The number of aromatic nitrogens is 2. The molecule has 74 heavy (non-hydrogen) atoms. The van der Waals surface area contributed by atoms with Gasteiger partial charge in [-0.25, -0.2) is 14.5 Å². The first-order valence-electron chi connectivity index (χ1n) is 22.6. The second kappa shape index (κ2) is 17.5. The van der Waals surface area contributed by atoms with Crippen LogP contribution in [0.2, 0.25) is 0 Å². The number of alkyl halides is 6. The molecule has 0 fully saturated rings. The van der Waals surface area contributed by atoms with E-state index in [1.165, 1.54) is 18.2 Å². The molecular weight excluding hydrogens is 945 g/mol. The first kappa shape index (κ1) is 46.0. The Morgan fingerprint density at radius 3 is 1.45 bits per heavy atom. The lowest BCUT2D eigenvalue weighted by Gasteiger charge is -2.21. The Morgan fingerprint density at radius 1 is 0.392 bits per heavy atom. The highest BCUT2D eigenvalue weighted by molar-refractivity contribution is 6.13. The minimum absolute atomic E-state index is 0.0411. The van der Waals surface area contributed by atoms with E-state index >= 15 is 0 Å². The van der Waals surface area contributed by atoms with Crippen molar-refractivity contribution < 1.29 is 26.3 Å². The van der Waals surface area contributed by atoms with Gasteiger partial charge >= 0.3 is 12.4 Å². The highest BCUT2D eigenvalue weighted by Gasteiger charge is 2.37. The second-order valence-electron chi connectivity index (χ2n) is 17.4. The van der Waals surface area contributed by atoms with Crippen LogP contribution in [-0.2, 0) is 12.4 Å². The third kappa shape index (κ3) is 7.69. The number of halogens is 6. The molecule has 0 radical (unpaired) electrons. The first-order valence-corrected chi connectivity index (χ1v) is 22.6. The fourth-order valence-corrected chi connectivity index (χ4v) is 9.94. The predicted octanol–water partition coefficient (Wildman–Crippen LogP) is 18.0. The predicted molar refractivity (Wildman–Crippen MR) is 275 cm³/mol. The summed E-state index contributed by atoms with van der Waals surface area (Å²) in [5.41, 5.74) is 5.46. The van der Waals surface area contributed by atoms with Crippen LogP contribution in [-0.4, -0.2) is 9.13 Å². The number of rotatable bonds is 6. The van der Waals surface area contributed by atoms with Gasteiger partial charge in [0.05, 0.1) is 76.4 Å². The molecule has 0 spiro atoms. The summed E-state index contributed by atoms with van der Waals surface area (Å²) in [5.74, 6) is 0. The zero-order valence-corrected chi connectivity index (χ0v) is 38.1. The third-order valence-electron chi connectivity index (χ3n) is 13.3. The fourth-order valence-electron chi connectivity index (χ4n) is 9.94. The molecule has 0 N–H and O–H groups in total. The molecule has 11 rings (SSSR count). The molecule has 0 bridgehead atoms. The van der Waals surface area contributed by atoms with E-state index < -0.39 is 23.5 Å². The smallest absolute Gasteiger partial charge is 0.309 e. The van der Waals surface area contributed by atoms with Crippen LogP contribution in [0.3, 0.4) is 0 Å². The van der Waals surface area contributed by atoms with Crippen LogP contribution in [0.25, 0.3) is 114 Å². The van der Waals surface area contributed by atoms with Gasteiger partial charge in [0.25, 0.3) is 0 Å². The quantitative estimate of drug-likeness (QED) is 0.123. The number of para-hydroxylation sites is 2. The molecule has 2 heterocycles. The van der Waals surface area contributed by atoms with E-state index in [9.17, 15) is 36.9 Å². The standard InChI is InChI=1S/C61H29F6N7/c1-70-43-16-19-45(40(27-43)34-69)37-14-21-56-49(29-37)47-8-4-6-10-54(47)73(56)58-20-13-36(39-25-41(60(62,63)64)31-42(26-39)61(65,66)67)28-51(58)52-32-44(71-2)17-23-59(52)74-55-11-7-5-9-48(55)50-30-38(15-22-57(50)74)46-18-12-35(33-68)24-53(46)72-3/h4-32H. The number of fused-ring (bicyclic) bond motifs is 6. The largest absolute Gasteiger partial charge is 0.416 e. The molecule has 11 aromatic rings. The Morgan fingerprint density at radius 2 is 0.892 bits per heavy atom. The number of nitriles is 2. The molecule has 7 nitrogen and oxygen atoms in total. The van der Waals surface area contributed by atoms with Crippen molar-refractivity contribution >= 4 is 60.7 Å². The van der Waals surface area contributed by atoms with Gasteiger partial charge in [-0.3, -0.25) is 0 Å². The van der Waals surface area contributed by atoms with Crippen molar-refractivity contribution in [1.82, 2.24) is 9.13 Å². The number of hydrogen-bond donors (Lipinski definition) is 0. The maximum absolute atomic E-state index is 14.4. The van der Waals surface area contributed by atoms with Crippen LogP contribution < -0.4 is 0 Å². The molecule has 9 aromatic carbocycles. The number of benzene rings is 9. The molecule has 0 aliphatic heterocycles. The molecule has 0 atom stereocenters. The average molecular weight is 974 g/mol. The molecule has 0 saturated carbocycles. The summed E-state index contributed by atoms with van der Waals surface area (Å²) in [7, 11) is 0. The van der Waals surface area contributed by atoms with Crippen molar-refractivity contribution in [1.29, 1.82) is 10.5 Å². The summed E-state index contributed by atoms with van der Waals surface area (Å²) in [5, 5.41) is 22.8. The number of hydrogen-bond acceptors (Lipinski definition) is 2. The van der Waals surface area contributed by atoms with Gasteiger partial charge in [0.1, 0.15) is 0 Å². The van der Waals surface area contributed by atoms with Crippen LogP contribution in [0, 0.1) is 42.4 Å². The van der Waals surface area contributed by atoms with Gasteiger partial charge in [0.2, 0.25) is 0 Å². The molecular formula is C61H29F6N7. The van der Waals surface area contributed by atoms with Crippen LogP contribution in [0.5, 0.6) is 0 Å². The monoisotopic (exact) mass is 973 g/mol. The van der Waals surface area contributed by atoms with E-state index in [-0.39, 0.29) is 22.9 Å². The summed E-state index contributed by atoms with van der Waals surface area (Å²) < 4.78 is 90.6. The topological polar surface area (TPSA) is 70.5 Å². The summed E-state index contributed by atoms with van der Waals surface area (Å²) >= 11 is 0. The molecule has 0 unspecified atom stereocenters. The van der Waals surface area contributed by atoms with E-state index in [0.717, 1.165) is 27.1 Å². The molecule has 0 aliphatic carbocycles. The fraction of sp³-hybridized carbons (Fsp3) is 0.0328. The lowest BCUT2D eigenvalue weighted by Crippen LogP contribution is -2.11. The highest BCUT2D eigenvalue weighted by Crippen LogP contribution is 2.46. The van der Waals surface area contributed by atoms with Gasteiger partial charge in [-0.1, -0.05) is 78.9 Å². The van der Waals surface area contributed by atoms with E-state index in [1.54, 1.807) is 54.6 Å². The van der Waals surface area contributed by atoms with Crippen LogP contribution in [0.1, 0.15) is 22.3 Å². The lowest BCUT2D eigenvalue weighted by molar-refractivity contribution is -0.143. The van der Waals surface area contributed by atoms with Crippen molar-refractivity contribution in [2.75, 3.05) is 0 Å². The van der Waals surface area contributed by atoms with Gasteiger partial charge in [-0.15, -0.1) is 0 Å². The highest BCUT2D eigenvalue weighted by atomic mass is 19.4. The van der Waals surface area contributed by atoms with Crippen LogP contribution in [0.15, 0.2) is 176 Å². The van der Waals surface area contributed by atoms with E-state index in [4.69, 9.17) is 19.7 Å². The Hall–Kier alpha value is -10.4. The maximum Gasteiger partial charge on any atom is 0.416 e. The zero-order chi connectivity index (χ0) is 51.6. The number of nitrogens with zero attached hydrogens (tertiary/aromatic N) is 7. The minimum atomic E-state index is -5.11. The molecule has 350 valence electrons. The molecule has 0 amide bonds. The maximum atomic E-state index is 14.4. The Bertz CT molecular complexity index is 4390. The van der Waals surface area contributed by atoms with Gasteiger partial charge in [0, 0.05) is 38.2 Å². The van der Waals surface area contributed by atoms with E-state index in [0.29, 0.717) is 95.9 Å². The van der Waals surface area contributed by atoms with Crippen molar-refractivity contribution in [2.45, 2.75) is 12.4 Å². The van der Waals surface area contributed by atoms with Gasteiger partial charge in [-0.05, 0) is 136 Å². The molecule has 0 saturated heterocycles. The van der Waals surface area contributed by atoms with Crippen molar-refractivity contribution in [3.8, 4) is 68.0 Å². The Balaban J connectivity index is 1.22. The SMILES string of the molecule is [C-]#[N+]c1ccc(-c2ccc3c(c2)c2ccccc2n3-c2ccc(-c3cc(C(F)(F)F)cc(C(F)(F)F)c3)cc2-c2cc([N+]#[C-])ccc2-n2c3ccccc3c3cc(-c4ccc(C#N)cc4[N+]#[C-])ccc32)c(C#N)c1. The van der Waals surface area contributed by atoms with Gasteiger partial charge < -0.3 is 9.13 Å². The zero-order valence-electron chi connectivity index (χ0n) is 38.1. The van der Waals surface area contributed by atoms with Gasteiger partial charge in [-0.2, -0.15) is 36.9 Å². The van der Waals surface area contributed by atoms with Crippen molar-refractivity contribution in [3.63, 3.8) is 0 Å². The van der Waals surface area contributed by atoms with Crippen LogP contribution in [0.4, 0.5) is 43.4 Å². The molecule has 2 aromatic heterocycles. The Labute approximate surface area is 417 Å². The summed E-state index contributed by atoms with van der Waals surface area (Å²) in [6.45, 7) is 23.6. The summed E-state index contributed by atoms with van der Waals surface area (Å²) in [6.07, 6.45) is -10.2. The van der Waals surface area contributed by atoms with Crippen molar-refractivity contribution in [3.05, 3.63) is 232 Å². The second-order valence-corrected chi connectivity index (χ2v) is 17.4. The van der Waals surface area contributed by atoms with E-state index in [1.807, 2.05) is 94.1 Å². The van der Waals surface area contributed by atoms with Crippen LogP contribution >= 0.6 is 0 Å². The third-order valence-corrected chi connectivity index (χ3v) is 13.3. The normalized spacial score (nSPS) is 11.6. The van der Waals surface area contributed by atoms with Gasteiger partial charge in [0.15, 0.2) is 17.1 Å². The molecule has 0 aliphatic rings. The summed E-state index contributed by atoms with van der Waals surface area (Å²) in [6, 6.07) is 51.9. The first-order chi connectivity index (χ1) is 35.7. The Kier molecular flexibility index (Phi) is 10.9. The van der Waals surface area contributed by atoms with Crippen molar-refractivity contribution in [2.24, 2.45) is 0 Å². The average Bonchev–Trinajstić information content (AvgIpc) is 3.93. The lowest BCUT2D eigenvalue weighted by atomic mass is 9.93. The molecule has 13 heteroatoms. The minimum Gasteiger partial charge on any atom is -0.309 e. The summed E-state index contributed by atoms with van der Waals surface area (Å²) in [4.78, 5) is 11.0. The van der Waals surface area contributed by atoms with E-state index in [2.05, 4.69) is 26.7 Å².